The van der Waals surface area contributed by atoms with Gasteiger partial charge >= 0.3 is 0 Å². The van der Waals surface area contributed by atoms with Crippen molar-refractivity contribution in [1.82, 2.24) is 0 Å². The van der Waals surface area contributed by atoms with Crippen LogP contribution in [0.15, 0.2) is 18.2 Å². The molecule has 0 heterocycles. The Morgan fingerprint density at radius 1 is 1.22 bits per heavy atom. The van der Waals surface area contributed by atoms with Crippen LogP contribution in [0.1, 0.15) is 50.2 Å². The Balaban J connectivity index is 2.93. The fourth-order valence-corrected chi connectivity index (χ4v) is 2.13. The molecule has 0 radical (unpaired) electrons. The van der Waals surface area contributed by atoms with Gasteiger partial charge in [-0.3, -0.25) is 0 Å². The Hall–Kier alpha value is -1.06. The number of hydrogen-bond acceptors (Lipinski definition) is 3. The van der Waals surface area contributed by atoms with E-state index in [1.165, 1.54) is 11.1 Å². The minimum absolute atomic E-state index is 0.183. The summed E-state index contributed by atoms with van der Waals surface area (Å²) in [5.41, 5.74) is 2.35. The lowest BCUT2D eigenvalue weighted by Gasteiger charge is -2.18. The first-order chi connectivity index (χ1) is 8.49. The Bertz CT molecular complexity index is 374. The van der Waals surface area contributed by atoms with E-state index < -0.39 is 6.10 Å². The molecular weight excluding hydrogens is 228 g/mol. The minimum atomic E-state index is -0.649. The maximum Gasteiger partial charge on any atom is 0.122 e. The van der Waals surface area contributed by atoms with E-state index in [9.17, 15) is 5.11 Å². The second-order valence-electron chi connectivity index (χ2n) is 5.13. The van der Waals surface area contributed by atoms with E-state index in [0.717, 1.165) is 5.75 Å². The van der Waals surface area contributed by atoms with Crippen molar-refractivity contribution >= 4 is 0 Å². The fraction of sp³-hybridized carbons (Fsp3) is 0.600. The highest BCUT2D eigenvalue weighted by molar-refractivity contribution is 5.40. The van der Waals surface area contributed by atoms with Crippen LogP contribution in [0.3, 0.4) is 0 Å². The van der Waals surface area contributed by atoms with Crippen LogP contribution in [0.4, 0.5) is 0 Å². The van der Waals surface area contributed by atoms with Crippen molar-refractivity contribution in [1.29, 1.82) is 0 Å². The van der Waals surface area contributed by atoms with Gasteiger partial charge in [-0.15, -0.1) is 0 Å². The summed E-state index contributed by atoms with van der Waals surface area (Å²) in [5.74, 6) is 1.52. The van der Waals surface area contributed by atoms with Crippen LogP contribution in [0, 0.1) is 0 Å². The zero-order chi connectivity index (χ0) is 13.7. The molecule has 0 spiro atoms. The third-order valence-corrected chi connectivity index (χ3v) is 3.28. The number of ether oxygens (including phenoxy) is 1. The van der Waals surface area contributed by atoms with Gasteiger partial charge in [-0.2, -0.15) is 0 Å². The molecule has 102 valence electrons. The molecular formula is C15H24O3. The standard InChI is InChI=1S/C15H24O3/c1-10(2)14-8-12(5-6-15(14)18-4)11(3)7-13(17)9-16/h5-6,8,10-11,13,16-17H,7,9H2,1-4H3. The van der Waals surface area contributed by atoms with Crippen LogP contribution in [0.2, 0.25) is 0 Å². The Kier molecular flexibility index (Phi) is 5.63. The molecule has 0 aliphatic rings. The normalized spacial score (nSPS) is 14.6. The van der Waals surface area contributed by atoms with Gasteiger partial charge in [-0.1, -0.05) is 32.9 Å². The van der Waals surface area contributed by atoms with Gasteiger partial charge in [0.15, 0.2) is 0 Å². The lowest BCUT2D eigenvalue weighted by molar-refractivity contribution is 0.0835. The number of hydrogen-bond donors (Lipinski definition) is 2. The molecule has 1 rings (SSSR count). The lowest BCUT2D eigenvalue weighted by Crippen LogP contribution is -2.15. The van der Waals surface area contributed by atoms with Crippen molar-refractivity contribution in [2.24, 2.45) is 0 Å². The highest BCUT2D eigenvalue weighted by Gasteiger charge is 2.14. The van der Waals surface area contributed by atoms with Crippen LogP contribution in [-0.2, 0) is 0 Å². The van der Waals surface area contributed by atoms with Crippen molar-refractivity contribution in [2.45, 2.75) is 45.1 Å². The largest absolute Gasteiger partial charge is 0.496 e. The van der Waals surface area contributed by atoms with E-state index in [1.54, 1.807) is 7.11 Å². The first kappa shape index (κ1) is 15.0. The summed E-state index contributed by atoms with van der Waals surface area (Å²) in [6.07, 6.45) is -0.0787. The predicted octanol–water partition coefficient (Wildman–Crippen LogP) is 2.67. The molecule has 0 bridgehead atoms. The number of rotatable bonds is 6. The van der Waals surface area contributed by atoms with Crippen LogP contribution in [0.5, 0.6) is 5.75 Å². The van der Waals surface area contributed by atoms with Gasteiger partial charge in [0, 0.05) is 0 Å². The average molecular weight is 252 g/mol. The molecule has 0 amide bonds. The monoisotopic (exact) mass is 252 g/mol. The SMILES string of the molecule is COc1ccc(C(C)CC(O)CO)cc1C(C)C. The van der Waals surface area contributed by atoms with Crippen molar-refractivity contribution < 1.29 is 14.9 Å². The van der Waals surface area contributed by atoms with E-state index in [-0.39, 0.29) is 12.5 Å². The Morgan fingerprint density at radius 3 is 2.39 bits per heavy atom. The van der Waals surface area contributed by atoms with Crippen molar-refractivity contribution in [2.75, 3.05) is 13.7 Å². The molecule has 2 N–H and O–H groups in total. The van der Waals surface area contributed by atoms with Crippen LogP contribution in [-0.4, -0.2) is 30.0 Å². The first-order valence-electron chi connectivity index (χ1n) is 6.46. The molecule has 1 aromatic rings. The summed E-state index contributed by atoms with van der Waals surface area (Å²) in [4.78, 5) is 0. The highest BCUT2D eigenvalue weighted by Crippen LogP contribution is 2.31. The summed E-state index contributed by atoms with van der Waals surface area (Å²) in [6.45, 7) is 6.14. The quantitative estimate of drug-likeness (QED) is 0.818. The van der Waals surface area contributed by atoms with Gasteiger partial charge in [0.2, 0.25) is 0 Å². The van der Waals surface area contributed by atoms with E-state index in [1.807, 2.05) is 12.1 Å². The third-order valence-electron chi connectivity index (χ3n) is 3.28. The molecule has 2 unspecified atom stereocenters. The zero-order valence-electron chi connectivity index (χ0n) is 11.7. The third kappa shape index (κ3) is 3.72. The molecule has 1 aromatic carbocycles. The van der Waals surface area contributed by atoms with E-state index in [2.05, 4.69) is 26.8 Å². The molecule has 3 nitrogen and oxygen atoms in total. The highest BCUT2D eigenvalue weighted by atomic mass is 16.5. The Labute approximate surface area is 109 Å². The summed E-state index contributed by atoms with van der Waals surface area (Å²) < 4.78 is 5.35. The molecule has 0 aromatic heterocycles. The molecule has 2 atom stereocenters. The maximum atomic E-state index is 9.49. The fourth-order valence-electron chi connectivity index (χ4n) is 2.13. The van der Waals surface area contributed by atoms with Crippen molar-refractivity contribution in [3.8, 4) is 5.75 Å². The van der Waals surface area contributed by atoms with Crippen LogP contribution >= 0.6 is 0 Å². The molecule has 3 heteroatoms. The van der Waals surface area contributed by atoms with E-state index in [4.69, 9.17) is 9.84 Å². The number of aliphatic hydroxyl groups excluding tert-OH is 2. The topological polar surface area (TPSA) is 49.7 Å². The predicted molar refractivity (Wildman–Crippen MR) is 73.2 cm³/mol. The van der Waals surface area contributed by atoms with Gasteiger partial charge in [-0.25, -0.2) is 0 Å². The number of aliphatic hydroxyl groups is 2. The van der Waals surface area contributed by atoms with Gasteiger partial charge in [0.1, 0.15) is 5.75 Å². The summed E-state index contributed by atoms with van der Waals surface area (Å²) in [7, 11) is 1.68. The second-order valence-corrected chi connectivity index (χ2v) is 5.13. The second kappa shape index (κ2) is 6.76. The summed E-state index contributed by atoms with van der Waals surface area (Å²) in [6, 6.07) is 6.14. The van der Waals surface area contributed by atoms with Crippen molar-refractivity contribution in [3.63, 3.8) is 0 Å². The van der Waals surface area contributed by atoms with Crippen LogP contribution < -0.4 is 4.74 Å². The molecule has 18 heavy (non-hydrogen) atoms. The lowest BCUT2D eigenvalue weighted by atomic mass is 9.91. The van der Waals surface area contributed by atoms with Crippen molar-refractivity contribution in [3.05, 3.63) is 29.3 Å². The first-order valence-corrected chi connectivity index (χ1v) is 6.46. The number of methoxy groups -OCH3 is 1. The van der Waals surface area contributed by atoms with Crippen LogP contribution in [0.25, 0.3) is 0 Å². The van der Waals surface area contributed by atoms with Gasteiger partial charge in [-0.05, 0) is 35.4 Å². The smallest absolute Gasteiger partial charge is 0.122 e. The molecule has 0 saturated carbocycles. The van der Waals surface area contributed by atoms with E-state index >= 15 is 0 Å². The number of benzene rings is 1. The van der Waals surface area contributed by atoms with Gasteiger partial charge < -0.3 is 14.9 Å². The summed E-state index contributed by atoms with van der Waals surface area (Å²) in [5, 5.41) is 18.4. The average Bonchev–Trinajstić information content (AvgIpc) is 2.37. The van der Waals surface area contributed by atoms with Gasteiger partial charge in [0.05, 0.1) is 19.8 Å². The van der Waals surface area contributed by atoms with Gasteiger partial charge in [0.25, 0.3) is 0 Å². The molecule has 0 aliphatic carbocycles. The molecule has 0 aliphatic heterocycles. The molecule has 0 fully saturated rings. The van der Waals surface area contributed by atoms with E-state index in [0.29, 0.717) is 12.3 Å². The molecule has 0 saturated heterocycles. The Morgan fingerprint density at radius 2 is 1.89 bits per heavy atom. The summed E-state index contributed by atoms with van der Waals surface area (Å²) >= 11 is 0. The maximum absolute atomic E-state index is 9.49. The minimum Gasteiger partial charge on any atom is -0.496 e. The zero-order valence-corrected chi connectivity index (χ0v) is 11.7.